The third-order valence-electron chi connectivity index (χ3n) is 5.55. The molecular weight excluding hydrogens is 460 g/mol. The molecule has 3 aromatic rings. The minimum Gasteiger partial charge on any atom is -0.478 e. The van der Waals surface area contributed by atoms with E-state index in [4.69, 9.17) is 4.84 Å². The number of hydrogen-bond donors (Lipinski definition) is 4. The van der Waals surface area contributed by atoms with Crippen LogP contribution < -0.4 is 16.1 Å². The first-order valence-corrected chi connectivity index (χ1v) is 11.3. The number of fused-ring (bicyclic) bond motifs is 1. The number of nitrogens with zero attached hydrogens (tertiary/aromatic N) is 1. The number of aromatic carboxylic acids is 1. The predicted octanol–water partition coefficient (Wildman–Crippen LogP) is 3.54. The van der Waals surface area contributed by atoms with E-state index in [1.807, 2.05) is 49.3 Å². The van der Waals surface area contributed by atoms with Gasteiger partial charge in [0.1, 0.15) is 0 Å². The van der Waals surface area contributed by atoms with Crippen LogP contribution in [0.2, 0.25) is 0 Å². The molecule has 0 unspecified atom stereocenters. The molecule has 0 radical (unpaired) electrons. The van der Waals surface area contributed by atoms with Crippen LogP contribution in [0.3, 0.4) is 0 Å². The lowest BCUT2D eigenvalue weighted by Crippen LogP contribution is -2.28. The molecule has 0 spiro atoms. The summed E-state index contributed by atoms with van der Waals surface area (Å²) in [6, 6.07) is 20.7. The van der Waals surface area contributed by atoms with Crippen molar-refractivity contribution in [2.45, 2.75) is 0 Å². The van der Waals surface area contributed by atoms with Gasteiger partial charge in [-0.05, 0) is 56.1 Å². The van der Waals surface area contributed by atoms with E-state index in [2.05, 4.69) is 16.1 Å². The molecule has 9 nitrogen and oxygen atoms in total. The van der Waals surface area contributed by atoms with E-state index in [1.54, 1.807) is 30.3 Å². The summed E-state index contributed by atoms with van der Waals surface area (Å²) in [6.45, 7) is 1.04. The number of carbonyl (C=O) groups excluding carboxylic acids is 2. The summed E-state index contributed by atoms with van der Waals surface area (Å²) in [5.74, 6) is -1.77. The molecule has 1 aliphatic heterocycles. The topological polar surface area (TPSA) is 120 Å². The largest absolute Gasteiger partial charge is 0.478 e. The summed E-state index contributed by atoms with van der Waals surface area (Å²) in [7, 11) is 3.83. The second-order valence-electron chi connectivity index (χ2n) is 8.42. The maximum atomic E-state index is 13.0. The lowest BCUT2D eigenvalue weighted by atomic mass is 9.99. The SMILES string of the molecule is CN(C)CCONC(=O)c1ccc(N/C(=C2\C(=O)Nc3cc(C(=O)O)ccc32)c2ccccc2)cc1. The molecule has 36 heavy (non-hydrogen) atoms. The highest BCUT2D eigenvalue weighted by atomic mass is 16.6. The first kappa shape index (κ1) is 24.6. The number of carboxylic acid groups (broad SMARTS) is 1. The maximum absolute atomic E-state index is 13.0. The first-order valence-electron chi connectivity index (χ1n) is 11.3. The molecule has 1 heterocycles. The predicted molar refractivity (Wildman–Crippen MR) is 137 cm³/mol. The molecule has 2 amide bonds. The van der Waals surface area contributed by atoms with E-state index in [9.17, 15) is 19.5 Å². The number of carbonyl (C=O) groups is 3. The Balaban J connectivity index is 1.62. The molecule has 0 saturated carbocycles. The van der Waals surface area contributed by atoms with E-state index in [0.717, 1.165) is 5.56 Å². The smallest absolute Gasteiger partial charge is 0.335 e. The van der Waals surface area contributed by atoms with Crippen LogP contribution in [0.15, 0.2) is 72.8 Å². The molecule has 0 fully saturated rings. The molecule has 9 heteroatoms. The standard InChI is InChI=1S/C27H26N4O5/c1-31(2)14-15-36-30-25(32)18-8-11-20(12-9-18)28-24(17-6-4-3-5-7-17)23-21-13-10-19(27(34)35)16-22(21)29-26(23)33/h3-13,16,28H,14-15H2,1-2H3,(H,29,33)(H,30,32)(H,34,35)/b24-23-. The Morgan fingerprint density at radius 3 is 2.31 bits per heavy atom. The van der Waals surface area contributed by atoms with Crippen LogP contribution in [-0.4, -0.2) is 55.0 Å². The van der Waals surface area contributed by atoms with Gasteiger partial charge in [-0.2, -0.15) is 0 Å². The highest BCUT2D eigenvalue weighted by Crippen LogP contribution is 2.38. The van der Waals surface area contributed by atoms with Crippen molar-refractivity contribution >= 4 is 40.4 Å². The molecule has 0 aromatic heterocycles. The van der Waals surface area contributed by atoms with Crippen molar-refractivity contribution in [1.82, 2.24) is 10.4 Å². The van der Waals surface area contributed by atoms with E-state index in [1.165, 1.54) is 12.1 Å². The van der Waals surface area contributed by atoms with Crippen molar-refractivity contribution in [2.24, 2.45) is 0 Å². The van der Waals surface area contributed by atoms with Gasteiger partial charge in [0.25, 0.3) is 11.8 Å². The lowest BCUT2D eigenvalue weighted by Gasteiger charge is -2.15. The van der Waals surface area contributed by atoms with Gasteiger partial charge in [0, 0.05) is 23.4 Å². The Morgan fingerprint density at radius 2 is 1.64 bits per heavy atom. The van der Waals surface area contributed by atoms with E-state index in [0.29, 0.717) is 46.9 Å². The Labute approximate surface area is 208 Å². The van der Waals surface area contributed by atoms with Crippen molar-refractivity contribution in [3.8, 4) is 0 Å². The normalized spacial score (nSPS) is 13.7. The Bertz CT molecular complexity index is 1320. The fraction of sp³-hybridized carbons (Fsp3) is 0.148. The molecule has 0 bridgehead atoms. The molecule has 3 aromatic carbocycles. The minimum absolute atomic E-state index is 0.0871. The number of nitrogens with one attached hydrogen (secondary N) is 3. The van der Waals surface area contributed by atoms with Crippen molar-refractivity contribution < 1.29 is 24.3 Å². The molecule has 184 valence electrons. The summed E-state index contributed by atoms with van der Waals surface area (Å²) in [5, 5.41) is 15.4. The molecule has 4 rings (SSSR count). The van der Waals surface area contributed by atoms with E-state index >= 15 is 0 Å². The fourth-order valence-corrected chi connectivity index (χ4v) is 3.69. The van der Waals surface area contributed by atoms with Crippen LogP contribution in [0.25, 0.3) is 11.3 Å². The van der Waals surface area contributed by atoms with Gasteiger partial charge < -0.3 is 20.6 Å². The molecule has 0 atom stereocenters. The van der Waals surface area contributed by atoms with Gasteiger partial charge in [0.2, 0.25) is 0 Å². The van der Waals surface area contributed by atoms with E-state index < -0.39 is 5.97 Å². The molecule has 0 saturated heterocycles. The number of rotatable bonds is 9. The summed E-state index contributed by atoms with van der Waals surface area (Å²) in [6.07, 6.45) is 0. The third-order valence-corrected chi connectivity index (χ3v) is 5.55. The molecular formula is C27H26N4O5. The minimum atomic E-state index is -1.07. The number of likely N-dealkylation sites (N-methyl/N-ethyl adjacent to an activating group) is 1. The summed E-state index contributed by atoms with van der Waals surface area (Å²) >= 11 is 0. The molecule has 4 N–H and O–H groups in total. The van der Waals surface area contributed by atoms with Gasteiger partial charge in [0.15, 0.2) is 0 Å². The number of hydrogen-bond acceptors (Lipinski definition) is 6. The first-order chi connectivity index (χ1) is 17.3. The highest BCUT2D eigenvalue weighted by molar-refractivity contribution is 6.37. The fourth-order valence-electron chi connectivity index (χ4n) is 3.69. The molecule has 0 aliphatic carbocycles. The van der Waals surface area contributed by atoms with Crippen molar-refractivity contribution in [3.05, 3.63) is 95.1 Å². The summed E-state index contributed by atoms with van der Waals surface area (Å²) in [4.78, 5) is 43.8. The van der Waals surface area contributed by atoms with Gasteiger partial charge in [0.05, 0.1) is 29.1 Å². The van der Waals surface area contributed by atoms with Gasteiger partial charge in [-0.3, -0.25) is 14.4 Å². The Morgan fingerprint density at radius 1 is 0.944 bits per heavy atom. The monoisotopic (exact) mass is 486 g/mol. The number of benzene rings is 3. The second-order valence-corrected chi connectivity index (χ2v) is 8.42. The highest BCUT2D eigenvalue weighted by Gasteiger charge is 2.29. The van der Waals surface area contributed by atoms with E-state index in [-0.39, 0.29) is 17.4 Å². The zero-order valence-electron chi connectivity index (χ0n) is 19.9. The zero-order valence-corrected chi connectivity index (χ0v) is 19.9. The van der Waals surface area contributed by atoms with Gasteiger partial charge >= 0.3 is 5.97 Å². The lowest BCUT2D eigenvalue weighted by molar-refractivity contribution is -0.110. The zero-order chi connectivity index (χ0) is 25.7. The van der Waals surface area contributed by atoms with Crippen LogP contribution in [0.1, 0.15) is 31.8 Å². The Kier molecular flexibility index (Phi) is 7.43. The summed E-state index contributed by atoms with van der Waals surface area (Å²) in [5.41, 5.74) is 6.35. The van der Waals surface area contributed by atoms with Crippen LogP contribution in [0.4, 0.5) is 11.4 Å². The Hall–Kier alpha value is -4.47. The summed E-state index contributed by atoms with van der Waals surface area (Å²) < 4.78 is 0. The number of hydroxylamine groups is 1. The van der Waals surface area contributed by atoms with Crippen molar-refractivity contribution in [2.75, 3.05) is 37.9 Å². The van der Waals surface area contributed by atoms with Crippen molar-refractivity contribution in [3.63, 3.8) is 0 Å². The van der Waals surface area contributed by atoms with Crippen LogP contribution in [0.5, 0.6) is 0 Å². The van der Waals surface area contributed by atoms with Crippen LogP contribution >= 0.6 is 0 Å². The second kappa shape index (κ2) is 10.9. The average Bonchev–Trinajstić information content (AvgIpc) is 3.20. The van der Waals surface area contributed by atoms with Gasteiger partial charge in [-0.25, -0.2) is 10.3 Å². The number of carboxylic acids is 1. The maximum Gasteiger partial charge on any atom is 0.335 e. The number of anilines is 2. The average molecular weight is 487 g/mol. The van der Waals surface area contributed by atoms with Crippen molar-refractivity contribution in [1.29, 1.82) is 0 Å². The van der Waals surface area contributed by atoms with Gasteiger partial charge in [-0.1, -0.05) is 36.4 Å². The number of amides is 2. The quantitative estimate of drug-likeness (QED) is 0.207. The molecule has 1 aliphatic rings. The van der Waals surface area contributed by atoms with Crippen LogP contribution in [0, 0.1) is 0 Å². The van der Waals surface area contributed by atoms with Gasteiger partial charge in [-0.15, -0.1) is 0 Å². The third kappa shape index (κ3) is 5.60. The van der Waals surface area contributed by atoms with Crippen LogP contribution in [-0.2, 0) is 9.63 Å².